The third-order valence-electron chi connectivity index (χ3n) is 3.86. The van der Waals surface area contributed by atoms with Gasteiger partial charge in [0, 0.05) is 17.9 Å². The van der Waals surface area contributed by atoms with E-state index in [-0.39, 0.29) is 10.3 Å². The van der Waals surface area contributed by atoms with Gasteiger partial charge in [-0.3, -0.25) is 0 Å². The summed E-state index contributed by atoms with van der Waals surface area (Å²) >= 11 is 1.89. The molecule has 0 saturated heterocycles. The Hall–Kier alpha value is -0.730. The largest absolute Gasteiger partial charge is 0.360 e. The molecule has 1 atom stereocenters. The Labute approximate surface area is 134 Å². The summed E-state index contributed by atoms with van der Waals surface area (Å²) in [7, 11) is 0. The molecular formula is C19H28OS. The molecule has 0 aromatic heterocycles. The van der Waals surface area contributed by atoms with Gasteiger partial charge >= 0.3 is 0 Å². The Balaban J connectivity index is 2.27. The molecule has 116 valence electrons. The summed E-state index contributed by atoms with van der Waals surface area (Å²) in [5.74, 6) is 0. The Morgan fingerprint density at radius 1 is 1.29 bits per heavy atom. The predicted molar refractivity (Wildman–Crippen MR) is 94.3 cm³/mol. The van der Waals surface area contributed by atoms with Crippen LogP contribution in [0.1, 0.15) is 53.4 Å². The van der Waals surface area contributed by atoms with Crippen LogP contribution < -0.4 is 0 Å². The van der Waals surface area contributed by atoms with Gasteiger partial charge in [0.1, 0.15) is 4.93 Å². The highest BCUT2D eigenvalue weighted by molar-refractivity contribution is 8.04. The molecule has 0 bridgehead atoms. The molecule has 0 aliphatic heterocycles. The second-order valence-electron chi connectivity index (χ2n) is 6.76. The molecule has 0 aromatic rings. The average molecular weight is 304 g/mol. The summed E-state index contributed by atoms with van der Waals surface area (Å²) in [5, 5.41) is 0. The maximum atomic E-state index is 6.48. The third-order valence-corrected chi connectivity index (χ3v) is 5.23. The standard InChI is InChI=1S/C19H28OS/c1-5-6-15-20-19(21-16-11-7-8-12-16)14-10-9-13-17(19)18(2,3)4/h7,9-13H,5-6,8,14-15H2,1-4H3. The second-order valence-corrected chi connectivity index (χ2v) is 8.10. The van der Waals surface area contributed by atoms with E-state index in [9.17, 15) is 0 Å². The zero-order valence-electron chi connectivity index (χ0n) is 13.8. The van der Waals surface area contributed by atoms with E-state index >= 15 is 0 Å². The van der Waals surface area contributed by atoms with Crippen molar-refractivity contribution >= 4 is 11.8 Å². The van der Waals surface area contributed by atoms with Crippen molar-refractivity contribution in [3.8, 4) is 0 Å². The molecule has 2 aliphatic carbocycles. The van der Waals surface area contributed by atoms with Gasteiger partial charge < -0.3 is 4.74 Å². The minimum Gasteiger partial charge on any atom is -0.360 e. The molecule has 0 heterocycles. The van der Waals surface area contributed by atoms with Crippen molar-refractivity contribution in [3.63, 3.8) is 0 Å². The summed E-state index contributed by atoms with van der Waals surface area (Å²) in [6.45, 7) is 9.91. The molecule has 21 heavy (non-hydrogen) atoms. The van der Waals surface area contributed by atoms with Gasteiger partial charge in [0.05, 0.1) is 0 Å². The monoisotopic (exact) mass is 304 g/mol. The van der Waals surface area contributed by atoms with Crippen LogP contribution in [-0.4, -0.2) is 11.5 Å². The summed E-state index contributed by atoms with van der Waals surface area (Å²) < 4.78 is 6.48. The first-order valence-electron chi connectivity index (χ1n) is 8.05. The molecule has 0 spiro atoms. The molecule has 1 nitrogen and oxygen atoms in total. The fourth-order valence-electron chi connectivity index (χ4n) is 2.79. The van der Waals surface area contributed by atoms with Crippen LogP contribution >= 0.6 is 11.8 Å². The van der Waals surface area contributed by atoms with Gasteiger partial charge in [0.15, 0.2) is 0 Å². The first kappa shape index (κ1) is 16.6. The van der Waals surface area contributed by atoms with Crippen LogP contribution in [-0.2, 0) is 4.74 Å². The van der Waals surface area contributed by atoms with Crippen LogP contribution in [0.15, 0.2) is 46.9 Å². The lowest BCUT2D eigenvalue weighted by Crippen LogP contribution is -2.38. The number of thioether (sulfide) groups is 1. The van der Waals surface area contributed by atoms with Crippen molar-refractivity contribution in [1.29, 1.82) is 0 Å². The minimum absolute atomic E-state index is 0.118. The Morgan fingerprint density at radius 3 is 2.71 bits per heavy atom. The first-order valence-corrected chi connectivity index (χ1v) is 8.87. The van der Waals surface area contributed by atoms with Gasteiger partial charge in [0.2, 0.25) is 0 Å². The number of rotatable bonds is 6. The molecule has 0 saturated carbocycles. The second kappa shape index (κ2) is 7.02. The van der Waals surface area contributed by atoms with Gasteiger partial charge in [-0.25, -0.2) is 0 Å². The lowest BCUT2D eigenvalue weighted by molar-refractivity contribution is 0.0390. The molecule has 0 aromatic carbocycles. The maximum Gasteiger partial charge on any atom is 0.143 e. The zero-order valence-corrected chi connectivity index (χ0v) is 14.6. The van der Waals surface area contributed by atoms with Gasteiger partial charge in [-0.1, -0.05) is 82.3 Å². The summed E-state index contributed by atoms with van der Waals surface area (Å²) in [6.07, 6.45) is 17.7. The van der Waals surface area contributed by atoms with Crippen molar-refractivity contribution in [2.75, 3.05) is 6.61 Å². The molecule has 2 heteroatoms. The Bertz CT molecular complexity index is 476. The number of unbranched alkanes of at least 4 members (excludes halogenated alkanes) is 1. The van der Waals surface area contributed by atoms with E-state index in [1.165, 1.54) is 16.9 Å². The van der Waals surface area contributed by atoms with E-state index in [1.807, 2.05) is 11.8 Å². The highest BCUT2D eigenvalue weighted by atomic mass is 32.2. The van der Waals surface area contributed by atoms with Crippen LogP contribution in [0.4, 0.5) is 0 Å². The zero-order chi connectivity index (χ0) is 15.3. The Kier molecular flexibility index (Phi) is 5.56. The van der Waals surface area contributed by atoms with Crippen LogP contribution in [0.5, 0.6) is 0 Å². The summed E-state index contributed by atoms with van der Waals surface area (Å²) in [6, 6.07) is 0. The van der Waals surface area contributed by atoms with Gasteiger partial charge in [-0.15, -0.1) is 0 Å². The highest BCUT2D eigenvalue weighted by Crippen LogP contribution is 2.51. The lowest BCUT2D eigenvalue weighted by atomic mass is 9.79. The van der Waals surface area contributed by atoms with Gasteiger partial charge in [0.25, 0.3) is 0 Å². The molecule has 2 rings (SSSR count). The quantitative estimate of drug-likeness (QED) is 0.439. The van der Waals surface area contributed by atoms with Crippen molar-refractivity contribution in [1.82, 2.24) is 0 Å². The predicted octanol–water partition coefficient (Wildman–Crippen LogP) is 6.01. The van der Waals surface area contributed by atoms with E-state index in [0.717, 1.165) is 25.9 Å². The summed E-state index contributed by atoms with van der Waals surface area (Å²) in [4.78, 5) is 1.11. The van der Waals surface area contributed by atoms with Gasteiger partial charge in [-0.05, 0) is 23.8 Å². The molecule has 1 unspecified atom stereocenters. The number of hydrogen-bond donors (Lipinski definition) is 0. The molecule has 0 amide bonds. The Morgan fingerprint density at radius 2 is 2.10 bits per heavy atom. The van der Waals surface area contributed by atoms with Crippen LogP contribution in [0.25, 0.3) is 0 Å². The lowest BCUT2D eigenvalue weighted by Gasteiger charge is -2.42. The van der Waals surface area contributed by atoms with E-state index in [2.05, 4.69) is 64.2 Å². The van der Waals surface area contributed by atoms with E-state index in [4.69, 9.17) is 4.74 Å². The molecule has 0 N–H and O–H groups in total. The van der Waals surface area contributed by atoms with Crippen LogP contribution in [0, 0.1) is 5.41 Å². The van der Waals surface area contributed by atoms with Crippen molar-refractivity contribution in [2.45, 2.75) is 58.3 Å². The van der Waals surface area contributed by atoms with E-state index in [1.54, 1.807) is 0 Å². The van der Waals surface area contributed by atoms with Crippen molar-refractivity contribution in [2.24, 2.45) is 5.41 Å². The topological polar surface area (TPSA) is 9.23 Å². The van der Waals surface area contributed by atoms with Crippen LogP contribution in [0.2, 0.25) is 0 Å². The molecule has 0 fully saturated rings. The van der Waals surface area contributed by atoms with E-state index < -0.39 is 0 Å². The first-order chi connectivity index (χ1) is 9.98. The number of allylic oxidation sites excluding steroid dienone is 5. The molecular weight excluding hydrogens is 276 g/mol. The van der Waals surface area contributed by atoms with Gasteiger partial charge in [-0.2, -0.15) is 0 Å². The maximum absolute atomic E-state index is 6.48. The summed E-state index contributed by atoms with van der Waals surface area (Å²) in [5.41, 5.74) is 1.52. The van der Waals surface area contributed by atoms with Crippen LogP contribution in [0.3, 0.4) is 0 Å². The molecule has 2 aliphatic rings. The number of hydrogen-bond acceptors (Lipinski definition) is 2. The highest BCUT2D eigenvalue weighted by Gasteiger charge is 2.42. The number of ether oxygens (including phenoxy) is 1. The van der Waals surface area contributed by atoms with E-state index in [0.29, 0.717) is 0 Å². The van der Waals surface area contributed by atoms with Crippen molar-refractivity contribution in [3.05, 3.63) is 46.9 Å². The fourth-order valence-corrected chi connectivity index (χ4v) is 4.32. The SMILES string of the molecule is CCCCOC1(SC2=CCC=C2)CC=CC=C1C(C)(C)C. The smallest absolute Gasteiger partial charge is 0.143 e. The van der Waals surface area contributed by atoms with Crippen molar-refractivity contribution < 1.29 is 4.74 Å². The third kappa shape index (κ3) is 4.14. The normalized spacial score (nSPS) is 25.1. The molecule has 0 radical (unpaired) electrons. The fraction of sp³-hybridized carbons (Fsp3) is 0.579. The average Bonchev–Trinajstić information content (AvgIpc) is 2.91. The minimum atomic E-state index is -0.233.